The number of aldehydes is 1. The van der Waals surface area contributed by atoms with E-state index in [1.165, 1.54) is 13.3 Å². The molecule has 1 saturated heterocycles. The number of ether oxygens (including phenoxy) is 2. The van der Waals surface area contributed by atoms with Crippen LogP contribution in [0.3, 0.4) is 0 Å². The van der Waals surface area contributed by atoms with Crippen molar-refractivity contribution < 1.29 is 24.5 Å². The highest BCUT2D eigenvalue weighted by atomic mass is 16.6. The number of carbonyl (C=O) groups is 1. The fourth-order valence-corrected chi connectivity index (χ4v) is 2.12. The Labute approximate surface area is 113 Å². The Morgan fingerprint density at radius 1 is 1.65 bits per heavy atom. The highest BCUT2D eigenvalue weighted by molar-refractivity contribution is 5.80. The van der Waals surface area contributed by atoms with Crippen LogP contribution in [0.2, 0.25) is 0 Å². The van der Waals surface area contributed by atoms with Gasteiger partial charge in [-0.2, -0.15) is 4.98 Å². The van der Waals surface area contributed by atoms with E-state index in [1.54, 1.807) is 0 Å². The quantitative estimate of drug-likeness (QED) is 0.535. The lowest BCUT2D eigenvalue weighted by molar-refractivity contribution is -0.0624. The Hall–Kier alpha value is -1.81. The predicted octanol–water partition coefficient (Wildman–Crippen LogP) is -2.10. The van der Waals surface area contributed by atoms with E-state index < -0.39 is 36.8 Å². The van der Waals surface area contributed by atoms with Gasteiger partial charge in [0.05, 0.1) is 12.2 Å². The fraction of sp³-hybridized carbons (Fsp3) is 0.545. The van der Waals surface area contributed by atoms with Crippen molar-refractivity contribution in [2.75, 3.05) is 19.5 Å². The van der Waals surface area contributed by atoms with Gasteiger partial charge in [-0.05, 0) is 0 Å². The molecule has 1 aliphatic heterocycles. The monoisotopic (exact) mass is 285 g/mol. The Balaban J connectivity index is 2.45. The molecule has 0 bridgehead atoms. The minimum Gasteiger partial charge on any atom is -0.394 e. The van der Waals surface area contributed by atoms with Gasteiger partial charge in [-0.25, -0.2) is 4.79 Å². The van der Waals surface area contributed by atoms with Gasteiger partial charge in [-0.3, -0.25) is 9.36 Å². The van der Waals surface area contributed by atoms with Crippen LogP contribution in [0.4, 0.5) is 5.82 Å². The maximum Gasteiger partial charge on any atom is 0.351 e. The van der Waals surface area contributed by atoms with Crippen LogP contribution in [0.15, 0.2) is 11.0 Å². The smallest absolute Gasteiger partial charge is 0.351 e. The third-order valence-electron chi connectivity index (χ3n) is 3.18. The minimum absolute atomic E-state index is 0.0185. The van der Waals surface area contributed by atoms with Gasteiger partial charge < -0.3 is 25.4 Å². The highest BCUT2D eigenvalue weighted by Gasteiger charge is 2.45. The Morgan fingerprint density at radius 3 is 2.90 bits per heavy atom. The highest BCUT2D eigenvalue weighted by Crippen LogP contribution is 2.30. The van der Waals surface area contributed by atoms with Crippen LogP contribution in [0.1, 0.15) is 16.6 Å². The lowest BCUT2D eigenvalue weighted by Gasteiger charge is -2.20. The van der Waals surface area contributed by atoms with Gasteiger partial charge in [-0.15, -0.1) is 0 Å². The summed E-state index contributed by atoms with van der Waals surface area (Å²) in [4.78, 5) is 26.2. The number of nitrogens with zero attached hydrogens (tertiary/aromatic N) is 2. The van der Waals surface area contributed by atoms with E-state index in [-0.39, 0.29) is 11.4 Å². The molecule has 0 amide bonds. The summed E-state index contributed by atoms with van der Waals surface area (Å²) in [7, 11) is 1.33. The zero-order valence-corrected chi connectivity index (χ0v) is 10.7. The van der Waals surface area contributed by atoms with Crippen LogP contribution >= 0.6 is 0 Å². The summed E-state index contributed by atoms with van der Waals surface area (Å²) in [5.74, 6) is -0.188. The molecule has 9 heteroatoms. The Kier molecular flexibility index (Phi) is 4.14. The molecule has 2 rings (SSSR count). The summed E-state index contributed by atoms with van der Waals surface area (Å²) in [5, 5.41) is 19.0. The molecule has 1 aromatic heterocycles. The lowest BCUT2D eigenvalue weighted by atomic mass is 10.1. The molecule has 1 aromatic rings. The van der Waals surface area contributed by atoms with Gasteiger partial charge in [0.25, 0.3) is 0 Å². The number of aromatic nitrogens is 2. The molecule has 1 fully saturated rings. The average molecular weight is 285 g/mol. The van der Waals surface area contributed by atoms with Crippen LogP contribution in [0, 0.1) is 0 Å². The van der Waals surface area contributed by atoms with E-state index in [0.29, 0.717) is 6.29 Å². The van der Waals surface area contributed by atoms with Crippen molar-refractivity contribution >= 4 is 12.1 Å². The molecule has 0 aliphatic carbocycles. The second-order valence-corrected chi connectivity index (χ2v) is 4.33. The molecule has 4 N–H and O–H groups in total. The maximum atomic E-state index is 11.8. The standard InChI is InChI=1S/C11H15N3O6/c1-19-8-7(17)6(4-16)20-10(8)14-2-5(3-15)9(12)13-11(14)18/h2-3,6-8,10,16-17H,4H2,1H3,(H2,12,13,18). The fourth-order valence-electron chi connectivity index (χ4n) is 2.12. The van der Waals surface area contributed by atoms with Crippen molar-refractivity contribution in [3.8, 4) is 0 Å². The van der Waals surface area contributed by atoms with Crippen molar-refractivity contribution in [1.29, 1.82) is 0 Å². The van der Waals surface area contributed by atoms with Crippen molar-refractivity contribution in [1.82, 2.24) is 9.55 Å². The van der Waals surface area contributed by atoms with E-state index in [1.807, 2.05) is 0 Å². The number of nitrogens with two attached hydrogens (primary N) is 1. The molecular weight excluding hydrogens is 270 g/mol. The topological polar surface area (TPSA) is 137 Å². The molecule has 4 atom stereocenters. The van der Waals surface area contributed by atoms with E-state index in [9.17, 15) is 14.7 Å². The number of aliphatic hydroxyl groups excluding tert-OH is 2. The number of methoxy groups -OCH3 is 1. The van der Waals surface area contributed by atoms with Gasteiger partial charge in [0.2, 0.25) is 0 Å². The zero-order chi connectivity index (χ0) is 14.9. The molecule has 0 saturated carbocycles. The molecule has 0 radical (unpaired) electrons. The molecule has 2 heterocycles. The van der Waals surface area contributed by atoms with Gasteiger partial charge in [0.1, 0.15) is 24.1 Å². The average Bonchev–Trinajstić information content (AvgIpc) is 2.75. The molecule has 4 unspecified atom stereocenters. The van der Waals surface area contributed by atoms with Gasteiger partial charge >= 0.3 is 5.69 Å². The number of rotatable bonds is 4. The number of carbonyl (C=O) groups excluding carboxylic acids is 1. The second-order valence-electron chi connectivity index (χ2n) is 4.33. The summed E-state index contributed by atoms with van der Waals surface area (Å²) in [6.07, 6.45) is -2.26. The number of nitrogen functional groups attached to an aromatic ring is 1. The van der Waals surface area contributed by atoms with Crippen LogP contribution in [-0.4, -0.2) is 58.1 Å². The normalized spacial score (nSPS) is 29.6. The van der Waals surface area contributed by atoms with Crippen LogP contribution in [0.5, 0.6) is 0 Å². The molecule has 9 nitrogen and oxygen atoms in total. The summed E-state index contributed by atoms with van der Waals surface area (Å²) >= 11 is 0. The largest absolute Gasteiger partial charge is 0.394 e. The first kappa shape index (κ1) is 14.6. The molecule has 0 aromatic carbocycles. The molecule has 20 heavy (non-hydrogen) atoms. The third-order valence-corrected chi connectivity index (χ3v) is 3.18. The molecule has 0 spiro atoms. The van der Waals surface area contributed by atoms with Gasteiger partial charge in [0, 0.05) is 13.3 Å². The van der Waals surface area contributed by atoms with Crippen molar-refractivity contribution in [2.45, 2.75) is 24.5 Å². The minimum atomic E-state index is -1.11. The molecule has 1 aliphatic rings. The van der Waals surface area contributed by atoms with Crippen LogP contribution < -0.4 is 11.4 Å². The third kappa shape index (κ3) is 2.31. The lowest BCUT2D eigenvalue weighted by Crippen LogP contribution is -2.37. The Bertz CT molecular complexity index is 560. The van der Waals surface area contributed by atoms with Crippen molar-refractivity contribution in [2.24, 2.45) is 0 Å². The molecular formula is C11H15N3O6. The van der Waals surface area contributed by atoms with E-state index in [0.717, 1.165) is 4.57 Å². The van der Waals surface area contributed by atoms with E-state index in [2.05, 4.69) is 4.98 Å². The first-order valence-corrected chi connectivity index (χ1v) is 5.84. The predicted molar refractivity (Wildman–Crippen MR) is 66.1 cm³/mol. The molecule has 110 valence electrons. The summed E-state index contributed by atoms with van der Waals surface area (Å²) in [6, 6.07) is 0. The van der Waals surface area contributed by atoms with Crippen LogP contribution in [-0.2, 0) is 9.47 Å². The first-order valence-electron chi connectivity index (χ1n) is 5.84. The second kappa shape index (κ2) is 5.67. The SMILES string of the molecule is COC1C(O)C(CO)OC1n1cc(C=O)c(N)nc1=O. The van der Waals surface area contributed by atoms with E-state index in [4.69, 9.17) is 20.3 Å². The van der Waals surface area contributed by atoms with Crippen molar-refractivity contribution in [3.05, 3.63) is 22.2 Å². The zero-order valence-electron chi connectivity index (χ0n) is 10.7. The number of hydrogen-bond acceptors (Lipinski definition) is 8. The van der Waals surface area contributed by atoms with Crippen molar-refractivity contribution in [3.63, 3.8) is 0 Å². The number of hydrogen-bond donors (Lipinski definition) is 3. The number of anilines is 1. The maximum absolute atomic E-state index is 11.8. The summed E-state index contributed by atoms with van der Waals surface area (Å²) in [6.45, 7) is -0.435. The van der Waals surface area contributed by atoms with Crippen LogP contribution in [0.25, 0.3) is 0 Å². The summed E-state index contributed by atoms with van der Waals surface area (Å²) < 4.78 is 11.5. The first-order chi connectivity index (χ1) is 9.53. The summed E-state index contributed by atoms with van der Waals surface area (Å²) in [5.41, 5.74) is 4.70. The van der Waals surface area contributed by atoms with E-state index >= 15 is 0 Å². The van der Waals surface area contributed by atoms with Gasteiger partial charge in [-0.1, -0.05) is 0 Å². The Morgan fingerprint density at radius 2 is 2.35 bits per heavy atom. The number of aliphatic hydroxyl groups is 2. The van der Waals surface area contributed by atoms with Gasteiger partial charge in [0.15, 0.2) is 12.5 Å².